The number of nitrogens with zero attached hydrogens (tertiary/aromatic N) is 3. The van der Waals surface area contributed by atoms with Gasteiger partial charge < -0.3 is 9.47 Å². The third kappa shape index (κ3) is 2.10. The highest BCUT2D eigenvalue weighted by Crippen LogP contribution is 2.31. The number of rotatable bonds is 1. The van der Waals surface area contributed by atoms with Gasteiger partial charge in [0.1, 0.15) is 0 Å². The molecule has 4 nitrogen and oxygen atoms in total. The molecule has 2 aliphatic rings. The first kappa shape index (κ1) is 11.6. The fourth-order valence-electron chi connectivity index (χ4n) is 2.20. The van der Waals surface area contributed by atoms with Crippen LogP contribution in [0.4, 0.5) is 0 Å². The summed E-state index contributed by atoms with van der Waals surface area (Å²) in [5.41, 5.74) is 1.03. The molecule has 0 atom stereocenters. The van der Waals surface area contributed by atoms with E-state index in [1.54, 1.807) is 0 Å². The molecule has 0 saturated carbocycles. The Morgan fingerprint density at radius 1 is 1.39 bits per heavy atom. The fourth-order valence-corrected chi connectivity index (χ4v) is 3.15. The molecular formula is C13H15N3OS. The van der Waals surface area contributed by atoms with Crippen LogP contribution in [0, 0.1) is 0 Å². The zero-order valence-corrected chi connectivity index (χ0v) is 11.1. The number of amides is 1. The molecule has 0 aliphatic carbocycles. The topological polar surface area (TPSA) is 37.6 Å². The maximum atomic E-state index is 11.9. The molecule has 18 heavy (non-hydrogen) atoms. The van der Waals surface area contributed by atoms with Gasteiger partial charge in [-0.15, -0.1) is 0 Å². The van der Waals surface area contributed by atoms with Crippen LogP contribution >= 0.6 is 11.8 Å². The lowest BCUT2D eigenvalue weighted by atomic mass is 10.3. The number of carbonyl (C=O) groups is 1. The molecule has 94 valence electrons. The van der Waals surface area contributed by atoms with Gasteiger partial charge in [-0.1, -0.05) is 0 Å². The molecule has 1 fully saturated rings. The minimum atomic E-state index is -0.108. The van der Waals surface area contributed by atoms with Crippen LogP contribution in [0.3, 0.4) is 0 Å². The summed E-state index contributed by atoms with van der Waals surface area (Å²) >= 11 is 1.50. The summed E-state index contributed by atoms with van der Waals surface area (Å²) in [5.74, 6) is -0.108. The Kier molecular flexibility index (Phi) is 2.99. The first-order valence-electron chi connectivity index (χ1n) is 6.13. The second kappa shape index (κ2) is 4.65. The third-order valence-electron chi connectivity index (χ3n) is 3.25. The molecule has 5 heteroatoms. The van der Waals surface area contributed by atoms with Crippen molar-refractivity contribution >= 4 is 28.9 Å². The second-order valence-corrected chi connectivity index (χ2v) is 5.56. The van der Waals surface area contributed by atoms with Crippen molar-refractivity contribution in [3.05, 3.63) is 28.9 Å². The monoisotopic (exact) mass is 261 g/mol. The average Bonchev–Trinajstić information content (AvgIpc) is 3.03. The molecule has 1 amide bonds. The molecule has 0 bridgehead atoms. The van der Waals surface area contributed by atoms with Gasteiger partial charge in [-0.05, 0) is 42.8 Å². The van der Waals surface area contributed by atoms with Gasteiger partial charge in [0.05, 0.1) is 4.91 Å². The molecule has 1 saturated heterocycles. The number of amidine groups is 1. The van der Waals surface area contributed by atoms with E-state index in [0.717, 1.165) is 28.9 Å². The summed E-state index contributed by atoms with van der Waals surface area (Å²) in [6.07, 6.45) is 6.29. The van der Waals surface area contributed by atoms with Crippen molar-refractivity contribution in [2.45, 2.75) is 12.8 Å². The number of aryl methyl sites for hydroxylation is 1. The molecular weight excluding hydrogens is 246 g/mol. The Morgan fingerprint density at radius 2 is 2.17 bits per heavy atom. The van der Waals surface area contributed by atoms with Gasteiger partial charge in [0.2, 0.25) is 0 Å². The van der Waals surface area contributed by atoms with Gasteiger partial charge in [0, 0.05) is 32.0 Å². The van der Waals surface area contributed by atoms with Crippen LogP contribution in [0.5, 0.6) is 0 Å². The predicted molar refractivity (Wildman–Crippen MR) is 74.2 cm³/mol. The molecule has 2 aliphatic heterocycles. The number of hydrogen-bond acceptors (Lipinski definition) is 3. The first-order valence-corrected chi connectivity index (χ1v) is 6.94. The van der Waals surface area contributed by atoms with Crippen molar-refractivity contribution in [3.8, 4) is 0 Å². The summed E-state index contributed by atoms with van der Waals surface area (Å²) in [5, 5.41) is 0.873. The van der Waals surface area contributed by atoms with E-state index in [1.165, 1.54) is 24.6 Å². The Bertz CT molecular complexity index is 538. The van der Waals surface area contributed by atoms with E-state index < -0.39 is 0 Å². The molecule has 0 spiro atoms. The average molecular weight is 261 g/mol. The summed E-state index contributed by atoms with van der Waals surface area (Å²) in [6.45, 7) is 2.05. The van der Waals surface area contributed by atoms with Crippen LogP contribution in [-0.4, -0.2) is 33.6 Å². The minimum Gasteiger partial charge on any atom is -0.351 e. The van der Waals surface area contributed by atoms with E-state index in [0.29, 0.717) is 0 Å². The second-order valence-electron chi connectivity index (χ2n) is 4.55. The number of likely N-dealkylation sites (tertiary alicyclic amines) is 1. The highest BCUT2D eigenvalue weighted by molar-refractivity contribution is 8.18. The smallest absolute Gasteiger partial charge is 0.286 e. The molecule has 3 heterocycles. The van der Waals surface area contributed by atoms with Crippen LogP contribution < -0.4 is 0 Å². The number of hydrogen-bond donors (Lipinski definition) is 0. The SMILES string of the molecule is Cn1cccc1/C=C1/SC(N2CCCC2)=NC1=O. The van der Waals surface area contributed by atoms with Gasteiger partial charge in [0.15, 0.2) is 5.17 Å². The molecule has 0 N–H and O–H groups in total. The molecule has 3 rings (SSSR count). The molecule has 1 aromatic heterocycles. The van der Waals surface area contributed by atoms with Crippen LogP contribution in [0.25, 0.3) is 6.08 Å². The number of aromatic nitrogens is 1. The lowest BCUT2D eigenvalue weighted by Crippen LogP contribution is -2.23. The Balaban J connectivity index is 1.79. The summed E-state index contributed by atoms with van der Waals surface area (Å²) in [7, 11) is 1.97. The van der Waals surface area contributed by atoms with Gasteiger partial charge in [-0.25, -0.2) is 0 Å². The standard InChI is InChI=1S/C13H15N3OS/c1-15-6-4-5-10(15)9-11-12(17)14-13(18-11)16-7-2-3-8-16/h4-6,9H,2-3,7-8H2,1H3/b11-9+. The van der Waals surface area contributed by atoms with Crippen LogP contribution in [-0.2, 0) is 11.8 Å². The van der Waals surface area contributed by atoms with E-state index in [-0.39, 0.29) is 5.91 Å². The van der Waals surface area contributed by atoms with Gasteiger partial charge in [0.25, 0.3) is 5.91 Å². The highest BCUT2D eigenvalue weighted by Gasteiger charge is 2.27. The van der Waals surface area contributed by atoms with Gasteiger partial charge >= 0.3 is 0 Å². The Hall–Kier alpha value is -1.49. The van der Waals surface area contributed by atoms with Crippen molar-refractivity contribution in [3.63, 3.8) is 0 Å². The highest BCUT2D eigenvalue weighted by atomic mass is 32.2. The first-order chi connectivity index (χ1) is 8.74. The fraction of sp³-hybridized carbons (Fsp3) is 0.385. The van der Waals surface area contributed by atoms with E-state index in [4.69, 9.17) is 0 Å². The normalized spacial score (nSPS) is 22.1. The van der Waals surface area contributed by atoms with Gasteiger partial charge in [-0.3, -0.25) is 4.79 Å². The van der Waals surface area contributed by atoms with E-state index in [9.17, 15) is 4.79 Å². The maximum absolute atomic E-state index is 11.9. The molecule has 0 aromatic carbocycles. The summed E-state index contributed by atoms with van der Waals surface area (Å²) < 4.78 is 1.99. The number of thioether (sulfide) groups is 1. The summed E-state index contributed by atoms with van der Waals surface area (Å²) in [4.78, 5) is 18.9. The summed E-state index contributed by atoms with van der Waals surface area (Å²) in [6, 6.07) is 3.97. The molecule has 0 radical (unpaired) electrons. The Labute approximate surface area is 110 Å². The maximum Gasteiger partial charge on any atom is 0.286 e. The quantitative estimate of drug-likeness (QED) is 0.726. The molecule has 1 aromatic rings. The third-order valence-corrected chi connectivity index (χ3v) is 4.29. The van der Waals surface area contributed by atoms with Crippen LogP contribution in [0.15, 0.2) is 28.2 Å². The minimum absolute atomic E-state index is 0.108. The van der Waals surface area contributed by atoms with Crippen LogP contribution in [0.1, 0.15) is 18.5 Å². The molecule has 0 unspecified atom stereocenters. The predicted octanol–water partition coefficient (Wildman–Crippen LogP) is 2.09. The zero-order valence-electron chi connectivity index (χ0n) is 10.3. The largest absolute Gasteiger partial charge is 0.351 e. The number of carbonyl (C=O) groups excluding carboxylic acids is 1. The lowest BCUT2D eigenvalue weighted by molar-refractivity contribution is -0.113. The van der Waals surface area contributed by atoms with Gasteiger partial charge in [-0.2, -0.15) is 4.99 Å². The van der Waals surface area contributed by atoms with Crippen molar-refractivity contribution < 1.29 is 4.79 Å². The van der Waals surface area contributed by atoms with Crippen LogP contribution in [0.2, 0.25) is 0 Å². The lowest BCUT2D eigenvalue weighted by Gasteiger charge is -2.14. The van der Waals surface area contributed by atoms with Crippen molar-refractivity contribution in [1.82, 2.24) is 9.47 Å². The Morgan fingerprint density at radius 3 is 2.83 bits per heavy atom. The number of aliphatic imine (C=N–C) groups is 1. The zero-order chi connectivity index (χ0) is 12.5. The van der Waals surface area contributed by atoms with Crippen molar-refractivity contribution in [2.24, 2.45) is 12.0 Å². The van der Waals surface area contributed by atoms with E-state index in [1.807, 2.05) is 36.0 Å². The van der Waals surface area contributed by atoms with E-state index in [2.05, 4.69) is 9.89 Å². The van der Waals surface area contributed by atoms with Crippen molar-refractivity contribution in [1.29, 1.82) is 0 Å². The van der Waals surface area contributed by atoms with E-state index >= 15 is 0 Å². The van der Waals surface area contributed by atoms with Crippen molar-refractivity contribution in [2.75, 3.05) is 13.1 Å².